The highest BCUT2D eigenvalue weighted by atomic mass is 16.5. The number of aliphatic hydroxyl groups is 2. The molecule has 7 heteroatoms. The van der Waals surface area contributed by atoms with Gasteiger partial charge in [0.1, 0.15) is 6.10 Å². The van der Waals surface area contributed by atoms with Crippen LogP contribution in [-0.2, 0) is 0 Å². The number of nitrogens with zero attached hydrogens (tertiary/aromatic N) is 4. The summed E-state index contributed by atoms with van der Waals surface area (Å²) in [5, 5.41) is 22.8. The van der Waals surface area contributed by atoms with Crippen molar-refractivity contribution in [1.82, 2.24) is 4.98 Å². The average molecular weight is 238 g/mol. The fourth-order valence-corrected chi connectivity index (χ4v) is 1.34. The molecule has 0 aromatic carbocycles. The first-order valence-electron chi connectivity index (χ1n) is 5.06. The monoisotopic (exact) mass is 238 g/mol. The van der Waals surface area contributed by atoms with Gasteiger partial charge in [-0.3, -0.25) is 0 Å². The maximum Gasteiger partial charge on any atom is 0.213 e. The van der Waals surface area contributed by atoms with Crippen molar-refractivity contribution < 1.29 is 14.9 Å². The number of pyridine rings is 1. The predicted octanol–water partition coefficient (Wildman–Crippen LogP) is 1.18. The van der Waals surface area contributed by atoms with E-state index in [1.165, 1.54) is 13.3 Å². The van der Waals surface area contributed by atoms with Crippen LogP contribution in [-0.4, -0.2) is 35.0 Å². The molecule has 1 aromatic heterocycles. The summed E-state index contributed by atoms with van der Waals surface area (Å²) in [5.41, 5.74) is 8.60. The zero-order valence-corrected chi connectivity index (χ0v) is 9.39. The second-order valence-corrected chi connectivity index (χ2v) is 3.39. The van der Waals surface area contributed by atoms with Gasteiger partial charge in [-0.1, -0.05) is 5.11 Å². The molecule has 0 aliphatic rings. The van der Waals surface area contributed by atoms with Crippen molar-refractivity contribution in [1.29, 1.82) is 0 Å². The molecule has 17 heavy (non-hydrogen) atoms. The highest BCUT2D eigenvalue weighted by molar-refractivity contribution is 5.23. The minimum atomic E-state index is -1.05. The van der Waals surface area contributed by atoms with Gasteiger partial charge >= 0.3 is 0 Å². The summed E-state index contributed by atoms with van der Waals surface area (Å²) in [7, 11) is 1.47. The molecule has 1 heterocycles. The third kappa shape index (κ3) is 3.92. The fraction of sp³-hybridized carbons (Fsp3) is 0.500. The summed E-state index contributed by atoms with van der Waals surface area (Å²) in [5.74, 6) is 0.365. The van der Waals surface area contributed by atoms with E-state index >= 15 is 0 Å². The van der Waals surface area contributed by atoms with E-state index in [1.54, 1.807) is 12.1 Å². The molecule has 0 aliphatic carbocycles. The summed E-state index contributed by atoms with van der Waals surface area (Å²) < 4.78 is 4.91. The summed E-state index contributed by atoms with van der Waals surface area (Å²) in [6.07, 6.45) is -0.374. The number of hydrogen-bond acceptors (Lipinski definition) is 5. The fourth-order valence-electron chi connectivity index (χ4n) is 1.34. The standard InChI is InChI=1S/C10H14N4O3/c1-17-9-6-7(2-4-12-9)10(16)8(15)3-5-13-14-11/h2,4,6,8,10,15-16H,3,5H2,1H3. The number of hydrogen-bond donors (Lipinski definition) is 2. The van der Waals surface area contributed by atoms with Gasteiger partial charge in [-0.15, -0.1) is 0 Å². The first-order valence-corrected chi connectivity index (χ1v) is 5.06. The Morgan fingerprint density at radius 2 is 2.35 bits per heavy atom. The maximum atomic E-state index is 9.84. The molecule has 0 bridgehead atoms. The molecule has 0 aliphatic heterocycles. The summed E-state index contributed by atoms with van der Waals surface area (Å²) in [6.45, 7) is 0.136. The van der Waals surface area contributed by atoms with Crippen LogP contribution in [0.5, 0.6) is 5.88 Å². The van der Waals surface area contributed by atoms with Gasteiger partial charge in [-0.05, 0) is 23.6 Å². The van der Waals surface area contributed by atoms with Crippen molar-refractivity contribution in [3.8, 4) is 5.88 Å². The van der Waals surface area contributed by atoms with Crippen LogP contribution in [0.3, 0.4) is 0 Å². The molecule has 0 amide bonds. The van der Waals surface area contributed by atoms with Crippen LogP contribution in [0.1, 0.15) is 18.1 Å². The van der Waals surface area contributed by atoms with Crippen molar-refractivity contribution in [2.24, 2.45) is 5.11 Å². The van der Waals surface area contributed by atoms with Crippen LogP contribution >= 0.6 is 0 Å². The Bertz CT molecular complexity index is 406. The summed E-state index contributed by atoms with van der Waals surface area (Å²) >= 11 is 0. The Morgan fingerprint density at radius 1 is 1.59 bits per heavy atom. The van der Waals surface area contributed by atoms with Gasteiger partial charge in [0, 0.05) is 23.7 Å². The van der Waals surface area contributed by atoms with Crippen molar-refractivity contribution in [3.05, 3.63) is 34.3 Å². The Balaban J connectivity index is 2.66. The molecule has 92 valence electrons. The lowest BCUT2D eigenvalue weighted by Gasteiger charge is -2.17. The highest BCUT2D eigenvalue weighted by Gasteiger charge is 2.18. The molecule has 7 nitrogen and oxygen atoms in total. The quantitative estimate of drug-likeness (QED) is 0.440. The molecule has 2 atom stereocenters. The van der Waals surface area contributed by atoms with Crippen LogP contribution in [0.2, 0.25) is 0 Å². The van der Waals surface area contributed by atoms with Gasteiger partial charge in [0.05, 0.1) is 13.2 Å². The molecule has 0 spiro atoms. The summed E-state index contributed by atoms with van der Waals surface area (Å²) in [6, 6.07) is 3.13. The van der Waals surface area contributed by atoms with Gasteiger partial charge in [0.15, 0.2) is 0 Å². The number of azide groups is 1. The number of aliphatic hydroxyl groups excluding tert-OH is 2. The molecule has 0 radical (unpaired) electrons. The normalized spacial score (nSPS) is 13.6. The van der Waals surface area contributed by atoms with Crippen LogP contribution < -0.4 is 4.74 Å². The van der Waals surface area contributed by atoms with E-state index in [1.807, 2.05) is 0 Å². The van der Waals surface area contributed by atoms with Gasteiger partial charge in [0.25, 0.3) is 0 Å². The number of methoxy groups -OCH3 is 1. The molecule has 2 N–H and O–H groups in total. The van der Waals surface area contributed by atoms with Crippen molar-refractivity contribution >= 4 is 0 Å². The topological polar surface area (TPSA) is 111 Å². The first kappa shape index (κ1) is 13.2. The minimum Gasteiger partial charge on any atom is -0.481 e. The second kappa shape index (κ2) is 6.70. The molecular formula is C10H14N4O3. The third-order valence-electron chi connectivity index (χ3n) is 2.26. The molecule has 2 unspecified atom stereocenters. The maximum absolute atomic E-state index is 9.84. The lowest BCUT2D eigenvalue weighted by molar-refractivity contribution is 0.0149. The van der Waals surface area contributed by atoms with Crippen molar-refractivity contribution in [3.63, 3.8) is 0 Å². The molecule has 0 fully saturated rings. The zero-order valence-electron chi connectivity index (χ0n) is 9.39. The lowest BCUT2D eigenvalue weighted by atomic mass is 10.0. The second-order valence-electron chi connectivity index (χ2n) is 3.39. The Morgan fingerprint density at radius 3 is 3.00 bits per heavy atom. The van der Waals surface area contributed by atoms with E-state index < -0.39 is 12.2 Å². The number of ether oxygens (including phenoxy) is 1. The van der Waals surface area contributed by atoms with E-state index in [-0.39, 0.29) is 13.0 Å². The highest BCUT2D eigenvalue weighted by Crippen LogP contribution is 2.21. The van der Waals surface area contributed by atoms with Crippen molar-refractivity contribution in [2.75, 3.05) is 13.7 Å². The van der Waals surface area contributed by atoms with Crippen LogP contribution in [0.4, 0.5) is 0 Å². The van der Waals surface area contributed by atoms with Crippen LogP contribution in [0, 0.1) is 0 Å². The van der Waals surface area contributed by atoms with Gasteiger partial charge in [0.2, 0.25) is 5.88 Å². The zero-order chi connectivity index (χ0) is 12.7. The SMILES string of the molecule is COc1cc(C(O)C(O)CCN=[N+]=[N-])ccn1. The number of rotatable bonds is 6. The van der Waals surface area contributed by atoms with Gasteiger partial charge < -0.3 is 14.9 Å². The molecule has 0 saturated carbocycles. The third-order valence-corrected chi connectivity index (χ3v) is 2.26. The van der Waals surface area contributed by atoms with Crippen LogP contribution in [0.25, 0.3) is 10.4 Å². The van der Waals surface area contributed by atoms with Gasteiger partial charge in [-0.2, -0.15) is 0 Å². The van der Waals surface area contributed by atoms with E-state index in [0.717, 1.165) is 0 Å². The van der Waals surface area contributed by atoms with E-state index in [9.17, 15) is 10.2 Å². The lowest BCUT2D eigenvalue weighted by Crippen LogP contribution is -2.19. The molecule has 1 aromatic rings. The van der Waals surface area contributed by atoms with E-state index in [0.29, 0.717) is 11.4 Å². The molecule has 0 saturated heterocycles. The Hall–Kier alpha value is -1.82. The Labute approximate surface area is 98.3 Å². The van der Waals surface area contributed by atoms with Crippen molar-refractivity contribution in [2.45, 2.75) is 18.6 Å². The Kier molecular flexibility index (Phi) is 5.22. The molecule has 1 rings (SSSR count). The smallest absolute Gasteiger partial charge is 0.213 e. The minimum absolute atomic E-state index is 0.136. The number of aromatic nitrogens is 1. The van der Waals surface area contributed by atoms with E-state index in [2.05, 4.69) is 15.0 Å². The van der Waals surface area contributed by atoms with E-state index in [4.69, 9.17) is 10.3 Å². The average Bonchev–Trinajstić information content (AvgIpc) is 2.38. The van der Waals surface area contributed by atoms with Crippen LogP contribution in [0.15, 0.2) is 23.4 Å². The van der Waals surface area contributed by atoms with Gasteiger partial charge in [-0.25, -0.2) is 4.98 Å². The molecular weight excluding hydrogens is 224 g/mol. The predicted molar refractivity (Wildman–Crippen MR) is 60.4 cm³/mol. The first-order chi connectivity index (χ1) is 8.19. The largest absolute Gasteiger partial charge is 0.481 e. The summed E-state index contributed by atoms with van der Waals surface area (Å²) in [4.78, 5) is 6.46.